The first-order valence-electron chi connectivity index (χ1n) is 10.2. The van der Waals surface area contributed by atoms with Crippen LogP contribution in [0.25, 0.3) is 0 Å². The predicted octanol–water partition coefficient (Wildman–Crippen LogP) is 3.96. The summed E-state index contributed by atoms with van der Waals surface area (Å²) in [6.45, 7) is 4.17. The second-order valence-corrected chi connectivity index (χ2v) is 8.38. The van der Waals surface area contributed by atoms with Crippen LogP contribution in [0.3, 0.4) is 0 Å². The Kier molecular flexibility index (Phi) is 6.54. The van der Waals surface area contributed by atoms with Crippen LogP contribution >= 0.6 is 0 Å². The van der Waals surface area contributed by atoms with Gasteiger partial charge in [-0.3, -0.25) is 0 Å². The second-order valence-electron chi connectivity index (χ2n) is 8.38. The van der Waals surface area contributed by atoms with Gasteiger partial charge in [0.05, 0.1) is 6.61 Å². The molecular weight excluding hydrogens is 310 g/mol. The van der Waals surface area contributed by atoms with E-state index in [4.69, 9.17) is 10.5 Å². The molecule has 0 unspecified atom stereocenters. The number of hydrogen-bond donors (Lipinski definition) is 2. The van der Waals surface area contributed by atoms with Crippen molar-refractivity contribution < 1.29 is 9.84 Å². The Balaban J connectivity index is 1.53. The van der Waals surface area contributed by atoms with Gasteiger partial charge in [0.25, 0.3) is 0 Å². The monoisotopic (exact) mass is 345 g/mol. The molecule has 25 heavy (non-hydrogen) atoms. The maximum absolute atomic E-state index is 9.49. The quantitative estimate of drug-likeness (QED) is 0.701. The molecule has 3 N–H and O–H groups in total. The molecule has 0 spiro atoms. The summed E-state index contributed by atoms with van der Waals surface area (Å²) in [5, 5.41) is 9.49. The second kappa shape index (κ2) is 8.66. The van der Waals surface area contributed by atoms with E-state index in [1.807, 2.05) is 0 Å². The van der Waals surface area contributed by atoms with Crippen LogP contribution < -0.4 is 5.73 Å². The Labute approximate surface area is 153 Å². The highest BCUT2D eigenvalue weighted by molar-refractivity contribution is 5.36. The standard InChI is InChI=1S/C22H35NO2/c1-2-3-4-11-25-15-17-5-6-19-13-20(8-7-18(19)12-17)21-9-10-22(23,14-21)16-24/h7-8,13,17,21,24H,2-6,9-12,14-16,23H2,1H3/t17-,21-,22+/m0/s1. The highest BCUT2D eigenvalue weighted by atomic mass is 16.5. The van der Waals surface area contributed by atoms with Gasteiger partial charge in [0.15, 0.2) is 0 Å². The average Bonchev–Trinajstić information content (AvgIpc) is 3.04. The fourth-order valence-electron chi connectivity index (χ4n) is 4.54. The topological polar surface area (TPSA) is 55.5 Å². The molecule has 0 bridgehead atoms. The third-order valence-corrected chi connectivity index (χ3v) is 6.24. The van der Waals surface area contributed by atoms with E-state index in [2.05, 4.69) is 25.1 Å². The minimum absolute atomic E-state index is 0.106. The molecule has 0 radical (unpaired) electrons. The zero-order valence-corrected chi connectivity index (χ0v) is 15.8. The van der Waals surface area contributed by atoms with E-state index in [-0.39, 0.29) is 12.1 Å². The van der Waals surface area contributed by atoms with Gasteiger partial charge >= 0.3 is 0 Å². The Bertz CT molecular complexity index is 559. The maximum atomic E-state index is 9.49. The molecule has 1 aromatic carbocycles. The highest BCUT2D eigenvalue weighted by Crippen LogP contribution is 2.40. The van der Waals surface area contributed by atoms with Crippen molar-refractivity contribution in [2.45, 2.75) is 76.2 Å². The molecule has 1 fully saturated rings. The lowest BCUT2D eigenvalue weighted by Gasteiger charge is -2.26. The number of nitrogens with two attached hydrogens (primary N) is 1. The van der Waals surface area contributed by atoms with Gasteiger partial charge in [-0.1, -0.05) is 38.0 Å². The number of aryl methyl sites for hydroxylation is 1. The van der Waals surface area contributed by atoms with Gasteiger partial charge in [-0.05, 0) is 73.5 Å². The summed E-state index contributed by atoms with van der Waals surface area (Å²) in [4.78, 5) is 0. The maximum Gasteiger partial charge on any atom is 0.0611 e. The number of aliphatic hydroxyl groups excluding tert-OH is 1. The number of rotatable bonds is 8. The highest BCUT2D eigenvalue weighted by Gasteiger charge is 2.36. The van der Waals surface area contributed by atoms with Crippen molar-refractivity contribution in [1.29, 1.82) is 0 Å². The number of fused-ring (bicyclic) bond motifs is 1. The average molecular weight is 346 g/mol. The van der Waals surface area contributed by atoms with Crippen LogP contribution in [0.15, 0.2) is 18.2 Å². The molecule has 2 aliphatic carbocycles. The van der Waals surface area contributed by atoms with Gasteiger partial charge in [-0.25, -0.2) is 0 Å². The van der Waals surface area contributed by atoms with Crippen LogP contribution in [-0.2, 0) is 17.6 Å². The molecule has 2 aliphatic rings. The van der Waals surface area contributed by atoms with Gasteiger partial charge in [-0.2, -0.15) is 0 Å². The first-order valence-corrected chi connectivity index (χ1v) is 10.2. The van der Waals surface area contributed by atoms with E-state index < -0.39 is 0 Å². The molecule has 0 amide bonds. The molecule has 0 aliphatic heterocycles. The molecule has 1 saturated carbocycles. The molecular formula is C22H35NO2. The summed E-state index contributed by atoms with van der Waals surface area (Å²) >= 11 is 0. The minimum atomic E-state index is -0.360. The Morgan fingerprint density at radius 2 is 2.12 bits per heavy atom. The van der Waals surface area contributed by atoms with Gasteiger partial charge < -0.3 is 15.6 Å². The predicted molar refractivity (Wildman–Crippen MR) is 103 cm³/mol. The minimum Gasteiger partial charge on any atom is -0.394 e. The molecule has 3 atom stereocenters. The summed E-state index contributed by atoms with van der Waals surface area (Å²) in [6, 6.07) is 7.06. The number of ether oxygens (including phenoxy) is 1. The lowest BCUT2D eigenvalue weighted by atomic mass is 9.82. The molecule has 3 heteroatoms. The first-order chi connectivity index (χ1) is 12.1. The van der Waals surface area contributed by atoms with Crippen molar-refractivity contribution in [1.82, 2.24) is 0 Å². The smallest absolute Gasteiger partial charge is 0.0611 e. The van der Waals surface area contributed by atoms with E-state index in [1.54, 1.807) is 0 Å². The summed E-state index contributed by atoms with van der Waals surface area (Å²) in [5.41, 5.74) is 10.4. The third kappa shape index (κ3) is 4.84. The zero-order chi connectivity index (χ0) is 17.7. The van der Waals surface area contributed by atoms with E-state index in [1.165, 1.54) is 48.8 Å². The summed E-state index contributed by atoms with van der Waals surface area (Å²) in [5.74, 6) is 1.19. The van der Waals surface area contributed by atoms with Crippen LogP contribution in [0.4, 0.5) is 0 Å². The summed E-state index contributed by atoms with van der Waals surface area (Å²) < 4.78 is 5.89. The third-order valence-electron chi connectivity index (χ3n) is 6.24. The fraction of sp³-hybridized carbons (Fsp3) is 0.727. The van der Waals surface area contributed by atoms with Crippen LogP contribution in [0, 0.1) is 5.92 Å². The van der Waals surface area contributed by atoms with Crippen molar-refractivity contribution in [2.24, 2.45) is 11.7 Å². The van der Waals surface area contributed by atoms with Gasteiger partial charge in [0, 0.05) is 18.8 Å². The Morgan fingerprint density at radius 3 is 2.88 bits per heavy atom. The van der Waals surface area contributed by atoms with Crippen molar-refractivity contribution in [3.63, 3.8) is 0 Å². The normalized spacial score (nSPS) is 28.9. The van der Waals surface area contributed by atoms with Crippen molar-refractivity contribution in [2.75, 3.05) is 19.8 Å². The van der Waals surface area contributed by atoms with Crippen molar-refractivity contribution >= 4 is 0 Å². The lowest BCUT2D eigenvalue weighted by molar-refractivity contribution is 0.0914. The first kappa shape index (κ1) is 18.9. The van der Waals surface area contributed by atoms with Gasteiger partial charge in [-0.15, -0.1) is 0 Å². The van der Waals surface area contributed by atoms with E-state index in [0.29, 0.717) is 11.8 Å². The van der Waals surface area contributed by atoms with Crippen LogP contribution in [0.5, 0.6) is 0 Å². The van der Waals surface area contributed by atoms with Crippen LogP contribution in [0.2, 0.25) is 0 Å². The van der Waals surface area contributed by atoms with Gasteiger partial charge in [0.2, 0.25) is 0 Å². The largest absolute Gasteiger partial charge is 0.394 e. The van der Waals surface area contributed by atoms with Crippen LogP contribution in [-0.4, -0.2) is 30.5 Å². The Hall–Kier alpha value is -0.900. The molecule has 0 heterocycles. The molecule has 1 aromatic rings. The van der Waals surface area contributed by atoms with E-state index >= 15 is 0 Å². The number of hydrogen-bond acceptors (Lipinski definition) is 3. The summed E-state index contributed by atoms with van der Waals surface area (Å²) in [7, 11) is 0. The zero-order valence-electron chi connectivity index (χ0n) is 15.8. The Morgan fingerprint density at radius 1 is 1.24 bits per heavy atom. The molecule has 3 rings (SSSR count). The molecule has 0 saturated heterocycles. The molecule has 3 nitrogen and oxygen atoms in total. The molecule has 0 aromatic heterocycles. The van der Waals surface area contributed by atoms with Crippen molar-refractivity contribution in [3.8, 4) is 0 Å². The number of unbranched alkanes of at least 4 members (excludes halogenated alkanes) is 2. The SMILES string of the molecule is CCCCCOC[C@H]1CCc2cc([C@H]3CC[C@](N)(CO)C3)ccc2C1. The van der Waals surface area contributed by atoms with E-state index in [0.717, 1.165) is 38.9 Å². The van der Waals surface area contributed by atoms with Gasteiger partial charge in [0.1, 0.15) is 0 Å². The number of benzene rings is 1. The number of aliphatic hydroxyl groups is 1. The van der Waals surface area contributed by atoms with Crippen molar-refractivity contribution in [3.05, 3.63) is 34.9 Å². The molecule has 140 valence electrons. The van der Waals surface area contributed by atoms with E-state index in [9.17, 15) is 5.11 Å². The van der Waals surface area contributed by atoms with Crippen LogP contribution in [0.1, 0.15) is 74.5 Å². The lowest BCUT2D eigenvalue weighted by Crippen LogP contribution is -2.40. The summed E-state index contributed by atoms with van der Waals surface area (Å²) in [6.07, 6.45) is 10.2. The fourth-order valence-corrected chi connectivity index (χ4v) is 4.54.